The fourth-order valence-electron chi connectivity index (χ4n) is 4.19. The van der Waals surface area contributed by atoms with Crippen molar-refractivity contribution in [1.82, 2.24) is 0 Å². The van der Waals surface area contributed by atoms with Gasteiger partial charge in [-0.25, -0.2) is 0 Å². The fourth-order valence-corrected chi connectivity index (χ4v) is 4.19. The van der Waals surface area contributed by atoms with Gasteiger partial charge in [0.05, 0.1) is 11.3 Å². The van der Waals surface area contributed by atoms with Crippen molar-refractivity contribution in [2.24, 2.45) is 0 Å². The number of hydrogen-bond acceptors (Lipinski definition) is 3. The molecule has 0 aromatic heterocycles. The zero-order chi connectivity index (χ0) is 23.7. The number of aryl methyl sites for hydroxylation is 1. The molecule has 0 aliphatic carbocycles. The van der Waals surface area contributed by atoms with Crippen LogP contribution in [0.1, 0.15) is 42.2 Å². The second-order valence-electron chi connectivity index (χ2n) is 8.14. The normalized spacial score (nSPS) is 14.0. The predicted octanol–water partition coefficient (Wildman–Crippen LogP) is 6.13. The lowest BCUT2D eigenvalue weighted by atomic mass is 9.92. The van der Waals surface area contributed by atoms with Crippen molar-refractivity contribution in [2.75, 3.05) is 4.90 Å². The molecule has 4 aromatic carbocycles. The number of para-hydroxylation sites is 1. The number of carbonyl (C=O) groups is 3. The minimum Gasteiger partial charge on any atom is -0.289 e. The van der Waals surface area contributed by atoms with Gasteiger partial charge in [0.1, 0.15) is 5.70 Å². The summed E-state index contributed by atoms with van der Waals surface area (Å²) in [5.74, 6) is -1.02. The molecule has 0 N–H and O–H groups in total. The molecule has 1 heterocycles. The number of rotatable bonds is 4. The van der Waals surface area contributed by atoms with Gasteiger partial charge in [-0.1, -0.05) is 90.5 Å². The average Bonchev–Trinajstić information content (AvgIpc) is 3.17. The molecule has 0 unspecified atom stereocenters. The highest BCUT2D eigenvalue weighted by Crippen LogP contribution is 2.40. The van der Waals surface area contributed by atoms with E-state index in [2.05, 4.69) is 0 Å². The first-order valence-corrected chi connectivity index (χ1v) is 11.0. The number of anilines is 1. The van der Waals surface area contributed by atoms with Gasteiger partial charge in [0, 0.05) is 16.7 Å². The molecule has 5 rings (SSSR count). The first kappa shape index (κ1) is 21.3. The van der Waals surface area contributed by atoms with Crippen LogP contribution in [0.5, 0.6) is 0 Å². The van der Waals surface area contributed by atoms with Crippen LogP contribution in [-0.4, -0.2) is 17.5 Å². The summed E-state index contributed by atoms with van der Waals surface area (Å²) in [6, 6.07) is 32.0. The van der Waals surface area contributed by atoms with E-state index in [-0.39, 0.29) is 28.7 Å². The smallest absolute Gasteiger partial charge is 0.263 e. The number of hydrogen-bond donors (Lipinski definition) is 0. The highest BCUT2D eigenvalue weighted by molar-refractivity contribution is 6.40. The van der Waals surface area contributed by atoms with Crippen molar-refractivity contribution >= 4 is 28.7 Å². The van der Waals surface area contributed by atoms with Gasteiger partial charge in [0.25, 0.3) is 5.91 Å². The summed E-state index contributed by atoms with van der Waals surface area (Å²) >= 11 is 0. The average molecular weight is 444 g/mol. The van der Waals surface area contributed by atoms with Crippen LogP contribution in [0.4, 0.5) is 5.69 Å². The van der Waals surface area contributed by atoms with E-state index in [0.717, 1.165) is 5.56 Å². The highest BCUT2D eigenvalue weighted by atomic mass is 16.2. The van der Waals surface area contributed by atoms with Crippen molar-refractivity contribution in [3.05, 3.63) is 143 Å². The number of ketones is 2. The minimum atomic E-state index is -0.362. The van der Waals surface area contributed by atoms with E-state index in [1.54, 1.807) is 72.8 Å². The van der Waals surface area contributed by atoms with E-state index in [1.807, 2.05) is 43.3 Å². The topological polar surface area (TPSA) is 54.5 Å². The van der Waals surface area contributed by atoms with Crippen LogP contribution in [0.3, 0.4) is 0 Å². The number of fused-ring (bicyclic) bond motifs is 1. The van der Waals surface area contributed by atoms with Crippen molar-refractivity contribution in [1.29, 1.82) is 0 Å². The first-order valence-electron chi connectivity index (χ1n) is 11.0. The number of nitrogens with zero attached hydrogens (tertiary/aromatic N) is 1. The summed E-state index contributed by atoms with van der Waals surface area (Å²) in [4.78, 5) is 42.8. The van der Waals surface area contributed by atoms with Crippen LogP contribution in [0.25, 0.3) is 5.57 Å². The molecule has 0 bridgehead atoms. The SMILES string of the molecule is Cc1ccc(C(=O)/C(=C2\C(=O)c3ccccc3N2C(=O)c2ccccc2)c2ccccc2)cc1. The van der Waals surface area contributed by atoms with Gasteiger partial charge in [-0.15, -0.1) is 0 Å². The largest absolute Gasteiger partial charge is 0.289 e. The van der Waals surface area contributed by atoms with E-state index in [0.29, 0.717) is 27.9 Å². The van der Waals surface area contributed by atoms with E-state index in [9.17, 15) is 14.4 Å². The highest BCUT2D eigenvalue weighted by Gasteiger charge is 2.40. The Bertz CT molecular complexity index is 1440. The second-order valence-corrected chi connectivity index (χ2v) is 8.14. The van der Waals surface area contributed by atoms with E-state index in [4.69, 9.17) is 0 Å². The van der Waals surface area contributed by atoms with Crippen LogP contribution in [0.15, 0.2) is 115 Å². The first-order chi connectivity index (χ1) is 16.6. The molecule has 4 nitrogen and oxygen atoms in total. The molecular formula is C30H21NO3. The maximum absolute atomic E-state index is 13.9. The maximum Gasteiger partial charge on any atom is 0.263 e. The molecule has 0 fully saturated rings. The predicted molar refractivity (Wildman–Crippen MR) is 133 cm³/mol. The summed E-state index contributed by atoms with van der Waals surface area (Å²) in [5.41, 5.74) is 3.63. The lowest BCUT2D eigenvalue weighted by Gasteiger charge is -2.22. The van der Waals surface area contributed by atoms with Gasteiger partial charge < -0.3 is 0 Å². The van der Waals surface area contributed by atoms with Crippen LogP contribution < -0.4 is 4.90 Å². The summed E-state index contributed by atoms with van der Waals surface area (Å²) in [6.45, 7) is 1.95. The summed E-state index contributed by atoms with van der Waals surface area (Å²) in [5, 5.41) is 0. The Kier molecular flexibility index (Phi) is 5.48. The maximum atomic E-state index is 13.9. The van der Waals surface area contributed by atoms with Gasteiger partial charge in [0.2, 0.25) is 5.78 Å². The molecule has 0 radical (unpaired) electrons. The molecule has 4 heteroatoms. The summed E-state index contributed by atoms with van der Waals surface area (Å²) < 4.78 is 0. The van der Waals surface area contributed by atoms with Crippen molar-refractivity contribution in [3.8, 4) is 0 Å². The van der Waals surface area contributed by atoms with Gasteiger partial charge in [-0.2, -0.15) is 0 Å². The lowest BCUT2D eigenvalue weighted by molar-refractivity contribution is 0.0972. The zero-order valence-corrected chi connectivity index (χ0v) is 18.6. The van der Waals surface area contributed by atoms with Crippen molar-refractivity contribution < 1.29 is 14.4 Å². The molecule has 1 amide bonds. The third-order valence-corrected chi connectivity index (χ3v) is 5.89. The Labute approximate surface area is 197 Å². The molecule has 0 saturated carbocycles. The molecule has 34 heavy (non-hydrogen) atoms. The second kappa shape index (κ2) is 8.75. The molecule has 0 saturated heterocycles. The summed E-state index contributed by atoms with van der Waals surface area (Å²) in [6.07, 6.45) is 0. The van der Waals surface area contributed by atoms with Crippen LogP contribution >= 0.6 is 0 Å². The van der Waals surface area contributed by atoms with E-state index >= 15 is 0 Å². The number of benzene rings is 4. The fraction of sp³-hybridized carbons (Fsp3) is 0.0333. The molecule has 1 aliphatic rings. The molecule has 1 aliphatic heterocycles. The number of amides is 1. The number of carbonyl (C=O) groups excluding carboxylic acids is 3. The third kappa shape index (κ3) is 3.65. The third-order valence-electron chi connectivity index (χ3n) is 5.89. The van der Waals surface area contributed by atoms with Crippen LogP contribution in [-0.2, 0) is 0 Å². The standard InChI is InChI=1S/C30H21NO3/c1-20-16-18-22(19-17-20)28(32)26(21-10-4-2-5-11-21)27-29(33)24-14-8-9-15-25(24)31(27)30(34)23-12-6-3-7-13-23/h2-19H,1H3/b27-26+. The Morgan fingerprint density at radius 2 is 1.18 bits per heavy atom. The van der Waals surface area contributed by atoms with E-state index in [1.165, 1.54) is 4.90 Å². The van der Waals surface area contributed by atoms with Gasteiger partial charge >= 0.3 is 0 Å². The van der Waals surface area contributed by atoms with Crippen molar-refractivity contribution in [3.63, 3.8) is 0 Å². The minimum absolute atomic E-state index is 0.0758. The lowest BCUT2D eigenvalue weighted by Crippen LogP contribution is -2.30. The molecular weight excluding hydrogens is 422 g/mol. The quantitative estimate of drug-likeness (QED) is 0.282. The molecule has 0 atom stereocenters. The Morgan fingerprint density at radius 3 is 1.82 bits per heavy atom. The Hall–Kier alpha value is -4.57. The van der Waals surface area contributed by atoms with Crippen LogP contribution in [0.2, 0.25) is 0 Å². The van der Waals surface area contributed by atoms with Crippen molar-refractivity contribution in [2.45, 2.75) is 6.92 Å². The number of Topliss-reactive ketones (excluding diaryl/α,β-unsaturated/α-hetero) is 2. The Balaban J connectivity index is 1.79. The number of allylic oxidation sites excluding steroid dienone is 2. The van der Waals surface area contributed by atoms with Crippen LogP contribution in [0, 0.1) is 6.92 Å². The van der Waals surface area contributed by atoms with E-state index < -0.39 is 0 Å². The van der Waals surface area contributed by atoms with Gasteiger partial charge in [0.15, 0.2) is 5.78 Å². The van der Waals surface area contributed by atoms with Gasteiger partial charge in [-0.3, -0.25) is 19.3 Å². The molecule has 0 spiro atoms. The summed E-state index contributed by atoms with van der Waals surface area (Å²) in [7, 11) is 0. The van der Waals surface area contributed by atoms with Gasteiger partial charge in [-0.05, 0) is 36.8 Å². The Morgan fingerprint density at radius 1 is 0.618 bits per heavy atom. The monoisotopic (exact) mass is 443 g/mol. The zero-order valence-electron chi connectivity index (χ0n) is 18.6. The molecule has 4 aromatic rings. The molecule has 164 valence electrons.